The lowest BCUT2D eigenvalue weighted by Gasteiger charge is -2.37. The molecule has 3 heteroatoms. The van der Waals surface area contributed by atoms with Crippen LogP contribution in [0.15, 0.2) is 0 Å². The number of amides is 1. The Morgan fingerprint density at radius 3 is 2.29 bits per heavy atom. The minimum atomic E-state index is -0.117. The fourth-order valence-electron chi connectivity index (χ4n) is 2.71. The highest BCUT2D eigenvalue weighted by Crippen LogP contribution is 2.33. The van der Waals surface area contributed by atoms with Crippen molar-refractivity contribution in [2.24, 2.45) is 11.3 Å². The molecule has 1 rings (SSSR count). The van der Waals surface area contributed by atoms with E-state index in [4.69, 9.17) is 0 Å². The predicted molar refractivity (Wildman–Crippen MR) is 71.9 cm³/mol. The highest BCUT2D eigenvalue weighted by atomic mass is 16.2. The highest BCUT2D eigenvalue weighted by Gasteiger charge is 2.38. The Bertz CT molecular complexity index is 245. The molecule has 0 bridgehead atoms. The summed E-state index contributed by atoms with van der Waals surface area (Å²) < 4.78 is 0. The quantitative estimate of drug-likeness (QED) is 0.774. The summed E-state index contributed by atoms with van der Waals surface area (Å²) in [6.45, 7) is 10.6. The van der Waals surface area contributed by atoms with E-state index in [1.807, 2.05) is 0 Å². The molecule has 1 heterocycles. The standard InChI is InChI=1S/C14H28N2O/c1-5-12(11(3)4)16-13(17)14(6-2)7-9-15-10-8-14/h11-12,15H,5-10H2,1-4H3,(H,16,17). The van der Waals surface area contributed by atoms with E-state index < -0.39 is 0 Å². The molecule has 100 valence electrons. The Balaban J connectivity index is 2.65. The number of hydrogen-bond acceptors (Lipinski definition) is 2. The van der Waals surface area contributed by atoms with Gasteiger partial charge >= 0.3 is 0 Å². The van der Waals surface area contributed by atoms with Gasteiger partial charge in [-0.25, -0.2) is 0 Å². The monoisotopic (exact) mass is 240 g/mol. The van der Waals surface area contributed by atoms with Gasteiger partial charge in [-0.05, 0) is 44.7 Å². The first-order valence-corrected chi connectivity index (χ1v) is 7.07. The van der Waals surface area contributed by atoms with Gasteiger partial charge in [0.05, 0.1) is 5.41 Å². The first-order chi connectivity index (χ1) is 8.05. The minimum absolute atomic E-state index is 0.117. The molecule has 0 aliphatic carbocycles. The van der Waals surface area contributed by atoms with Crippen molar-refractivity contribution in [1.29, 1.82) is 0 Å². The molecule has 0 saturated carbocycles. The number of nitrogens with one attached hydrogen (secondary N) is 2. The van der Waals surface area contributed by atoms with E-state index in [1.54, 1.807) is 0 Å². The molecular formula is C14H28N2O. The van der Waals surface area contributed by atoms with E-state index in [1.165, 1.54) is 0 Å². The molecule has 1 amide bonds. The number of rotatable bonds is 5. The van der Waals surface area contributed by atoms with Crippen LogP contribution in [0.25, 0.3) is 0 Å². The van der Waals surface area contributed by atoms with Gasteiger partial charge in [-0.15, -0.1) is 0 Å². The Labute approximate surface area is 106 Å². The van der Waals surface area contributed by atoms with Gasteiger partial charge < -0.3 is 10.6 Å². The zero-order valence-corrected chi connectivity index (χ0v) is 11.8. The topological polar surface area (TPSA) is 41.1 Å². The van der Waals surface area contributed by atoms with Crippen LogP contribution < -0.4 is 10.6 Å². The van der Waals surface area contributed by atoms with E-state index in [9.17, 15) is 4.79 Å². The first kappa shape index (κ1) is 14.5. The lowest BCUT2D eigenvalue weighted by molar-refractivity contribution is -0.134. The molecule has 1 atom stereocenters. The third-order valence-electron chi connectivity index (χ3n) is 4.28. The van der Waals surface area contributed by atoms with Crippen LogP contribution in [0.2, 0.25) is 0 Å². The van der Waals surface area contributed by atoms with Crippen molar-refractivity contribution < 1.29 is 4.79 Å². The molecule has 0 spiro atoms. The average molecular weight is 240 g/mol. The molecule has 0 aromatic rings. The van der Waals surface area contributed by atoms with Gasteiger partial charge in [0.1, 0.15) is 0 Å². The van der Waals surface area contributed by atoms with Crippen LogP contribution in [0.1, 0.15) is 53.4 Å². The van der Waals surface area contributed by atoms with Crippen molar-refractivity contribution in [3.63, 3.8) is 0 Å². The third-order valence-corrected chi connectivity index (χ3v) is 4.28. The van der Waals surface area contributed by atoms with Gasteiger partial charge in [-0.2, -0.15) is 0 Å². The maximum absolute atomic E-state index is 12.5. The largest absolute Gasteiger partial charge is 0.353 e. The van der Waals surface area contributed by atoms with Crippen molar-refractivity contribution in [3.8, 4) is 0 Å². The normalized spacial score (nSPS) is 21.2. The smallest absolute Gasteiger partial charge is 0.226 e. The van der Waals surface area contributed by atoms with E-state index >= 15 is 0 Å². The van der Waals surface area contributed by atoms with Crippen LogP contribution in [0.3, 0.4) is 0 Å². The molecule has 2 N–H and O–H groups in total. The fraction of sp³-hybridized carbons (Fsp3) is 0.929. The molecule has 1 unspecified atom stereocenters. The zero-order chi connectivity index (χ0) is 12.9. The van der Waals surface area contributed by atoms with Crippen LogP contribution >= 0.6 is 0 Å². The average Bonchev–Trinajstić information content (AvgIpc) is 2.35. The fourth-order valence-corrected chi connectivity index (χ4v) is 2.71. The summed E-state index contributed by atoms with van der Waals surface area (Å²) in [5.74, 6) is 0.793. The van der Waals surface area contributed by atoms with Gasteiger partial charge in [0.15, 0.2) is 0 Å². The minimum Gasteiger partial charge on any atom is -0.353 e. The summed E-state index contributed by atoms with van der Waals surface area (Å²) in [5, 5.41) is 6.60. The second-order valence-electron chi connectivity index (χ2n) is 5.62. The molecule has 0 aromatic carbocycles. The molecule has 3 nitrogen and oxygen atoms in total. The van der Waals surface area contributed by atoms with Crippen LogP contribution in [-0.2, 0) is 4.79 Å². The summed E-state index contributed by atoms with van der Waals surface area (Å²) in [6, 6.07) is 0.320. The van der Waals surface area contributed by atoms with E-state index in [0.29, 0.717) is 12.0 Å². The van der Waals surface area contributed by atoms with Crippen molar-refractivity contribution >= 4 is 5.91 Å². The van der Waals surface area contributed by atoms with E-state index in [2.05, 4.69) is 38.3 Å². The van der Waals surface area contributed by atoms with Crippen molar-refractivity contribution in [2.45, 2.75) is 59.4 Å². The molecule has 1 saturated heterocycles. The summed E-state index contributed by atoms with van der Waals surface area (Å²) >= 11 is 0. The molecule has 1 aliphatic rings. The second kappa shape index (κ2) is 6.39. The lowest BCUT2D eigenvalue weighted by Crippen LogP contribution is -2.51. The van der Waals surface area contributed by atoms with E-state index in [-0.39, 0.29) is 11.3 Å². The van der Waals surface area contributed by atoms with Gasteiger partial charge in [0, 0.05) is 6.04 Å². The molecule has 17 heavy (non-hydrogen) atoms. The molecule has 0 radical (unpaired) electrons. The number of carbonyl (C=O) groups is 1. The van der Waals surface area contributed by atoms with Crippen LogP contribution in [0, 0.1) is 11.3 Å². The summed E-state index contributed by atoms with van der Waals surface area (Å²) in [6.07, 6.45) is 3.92. The molecule has 0 aromatic heterocycles. The van der Waals surface area contributed by atoms with Crippen molar-refractivity contribution in [2.75, 3.05) is 13.1 Å². The van der Waals surface area contributed by atoms with Gasteiger partial charge in [0.25, 0.3) is 0 Å². The Morgan fingerprint density at radius 1 is 1.29 bits per heavy atom. The number of carbonyl (C=O) groups excluding carboxylic acids is 1. The maximum Gasteiger partial charge on any atom is 0.226 e. The van der Waals surface area contributed by atoms with Crippen LogP contribution in [0.4, 0.5) is 0 Å². The van der Waals surface area contributed by atoms with Crippen LogP contribution in [-0.4, -0.2) is 25.0 Å². The molecule has 1 aliphatic heterocycles. The SMILES string of the molecule is CCC(NC(=O)C1(CC)CCNCC1)C(C)C. The Hall–Kier alpha value is -0.570. The summed E-state index contributed by atoms with van der Waals surface area (Å²) in [5.41, 5.74) is -0.117. The first-order valence-electron chi connectivity index (χ1n) is 7.07. The van der Waals surface area contributed by atoms with Gasteiger partial charge in [-0.3, -0.25) is 4.79 Å². The van der Waals surface area contributed by atoms with Gasteiger partial charge in [0.2, 0.25) is 5.91 Å². The Kier molecular flexibility index (Phi) is 5.44. The van der Waals surface area contributed by atoms with Crippen molar-refractivity contribution in [1.82, 2.24) is 10.6 Å². The lowest BCUT2D eigenvalue weighted by atomic mass is 9.75. The maximum atomic E-state index is 12.5. The van der Waals surface area contributed by atoms with E-state index in [0.717, 1.165) is 38.8 Å². The predicted octanol–water partition coefficient (Wildman–Crippen LogP) is 2.32. The number of hydrogen-bond donors (Lipinski definition) is 2. The van der Waals surface area contributed by atoms with Gasteiger partial charge in [-0.1, -0.05) is 27.7 Å². The number of piperidine rings is 1. The summed E-state index contributed by atoms with van der Waals surface area (Å²) in [4.78, 5) is 12.5. The van der Waals surface area contributed by atoms with Crippen LogP contribution in [0.5, 0.6) is 0 Å². The molecular weight excluding hydrogens is 212 g/mol. The zero-order valence-electron chi connectivity index (χ0n) is 11.8. The van der Waals surface area contributed by atoms with Crippen molar-refractivity contribution in [3.05, 3.63) is 0 Å². The molecule has 1 fully saturated rings. The second-order valence-corrected chi connectivity index (χ2v) is 5.62. The third kappa shape index (κ3) is 3.44. The highest BCUT2D eigenvalue weighted by molar-refractivity contribution is 5.83. The summed E-state index contributed by atoms with van der Waals surface area (Å²) in [7, 11) is 0. The Morgan fingerprint density at radius 2 is 1.88 bits per heavy atom.